The van der Waals surface area contributed by atoms with Gasteiger partial charge < -0.3 is 13.6 Å². The molecule has 4 aromatic rings. The van der Waals surface area contributed by atoms with E-state index in [1.165, 1.54) is 6.21 Å². The van der Waals surface area contributed by atoms with Crippen LogP contribution < -0.4 is 5.43 Å². The van der Waals surface area contributed by atoms with Gasteiger partial charge in [-0.15, -0.1) is 0 Å². The Morgan fingerprint density at radius 1 is 1.03 bits per heavy atom. The molecule has 0 saturated carbocycles. The number of hydrogen-bond acceptors (Lipinski definition) is 6. The third kappa shape index (κ3) is 4.15. The van der Waals surface area contributed by atoms with E-state index in [2.05, 4.69) is 10.5 Å². The number of rotatable bonds is 6. The van der Waals surface area contributed by atoms with Gasteiger partial charge in [-0.05, 0) is 43.3 Å². The van der Waals surface area contributed by atoms with E-state index in [1.54, 1.807) is 55.5 Å². The lowest BCUT2D eigenvalue weighted by molar-refractivity contribution is 0.0526. The Labute approximate surface area is 171 Å². The van der Waals surface area contributed by atoms with Crippen LogP contribution in [-0.2, 0) is 4.74 Å². The molecule has 0 aliphatic rings. The van der Waals surface area contributed by atoms with Gasteiger partial charge in [0.1, 0.15) is 17.1 Å². The van der Waals surface area contributed by atoms with Crippen molar-refractivity contribution in [2.75, 3.05) is 6.61 Å². The van der Waals surface area contributed by atoms with Crippen LogP contribution >= 0.6 is 0 Å². The van der Waals surface area contributed by atoms with Crippen LogP contribution in [-0.4, -0.2) is 24.7 Å². The number of nitrogens with zero attached hydrogens (tertiary/aromatic N) is 1. The summed E-state index contributed by atoms with van der Waals surface area (Å²) in [6, 6.07) is 19.4. The molecule has 2 heterocycles. The van der Waals surface area contributed by atoms with Gasteiger partial charge in [-0.3, -0.25) is 4.79 Å². The van der Waals surface area contributed by atoms with Gasteiger partial charge in [0.2, 0.25) is 0 Å². The summed E-state index contributed by atoms with van der Waals surface area (Å²) in [5.74, 6) is 0.426. The van der Waals surface area contributed by atoms with E-state index in [0.29, 0.717) is 29.3 Å². The fourth-order valence-electron chi connectivity index (χ4n) is 2.87. The number of nitrogens with one attached hydrogen (secondary N) is 1. The van der Waals surface area contributed by atoms with Gasteiger partial charge in [0, 0.05) is 10.9 Å². The molecule has 7 nitrogen and oxygen atoms in total. The largest absolute Gasteiger partial charge is 0.462 e. The summed E-state index contributed by atoms with van der Waals surface area (Å²) in [6.45, 7) is 2.09. The van der Waals surface area contributed by atoms with E-state index in [9.17, 15) is 9.59 Å². The second kappa shape index (κ2) is 8.48. The van der Waals surface area contributed by atoms with E-state index in [0.717, 1.165) is 10.9 Å². The monoisotopic (exact) mass is 402 g/mol. The first kappa shape index (κ1) is 19.2. The van der Waals surface area contributed by atoms with Gasteiger partial charge in [-0.2, -0.15) is 5.10 Å². The third-order valence-electron chi connectivity index (χ3n) is 4.31. The maximum Gasteiger partial charge on any atom is 0.338 e. The van der Waals surface area contributed by atoms with E-state index in [-0.39, 0.29) is 11.7 Å². The van der Waals surface area contributed by atoms with E-state index in [4.69, 9.17) is 13.6 Å². The standard InChI is InChI=1S/C23H18N2O5/c1-2-28-23(27)16-9-7-15(8-10-16)20-12-11-18(29-20)14-24-25-22(26)21-13-17-5-3-4-6-19(17)30-21/h3-14H,2H2,1H3,(H,25,26)/b24-14+. The van der Waals surface area contributed by atoms with Crippen LogP contribution in [0.2, 0.25) is 0 Å². The minimum absolute atomic E-state index is 0.176. The zero-order valence-electron chi connectivity index (χ0n) is 16.1. The van der Waals surface area contributed by atoms with Crippen molar-refractivity contribution in [1.29, 1.82) is 0 Å². The molecule has 150 valence electrons. The molecule has 0 radical (unpaired) electrons. The van der Waals surface area contributed by atoms with Crippen molar-refractivity contribution in [1.82, 2.24) is 5.43 Å². The lowest BCUT2D eigenvalue weighted by Crippen LogP contribution is -2.16. The van der Waals surface area contributed by atoms with Crippen LogP contribution in [0.15, 0.2) is 80.7 Å². The van der Waals surface area contributed by atoms with E-state index in [1.807, 2.05) is 18.2 Å². The first-order chi connectivity index (χ1) is 14.6. The van der Waals surface area contributed by atoms with E-state index < -0.39 is 5.91 Å². The van der Waals surface area contributed by atoms with Crippen molar-refractivity contribution in [2.45, 2.75) is 6.92 Å². The smallest absolute Gasteiger partial charge is 0.338 e. The Balaban J connectivity index is 1.39. The molecule has 1 amide bonds. The van der Waals surface area contributed by atoms with Crippen molar-refractivity contribution < 1.29 is 23.2 Å². The summed E-state index contributed by atoms with van der Waals surface area (Å²) in [6.07, 6.45) is 1.40. The molecule has 30 heavy (non-hydrogen) atoms. The number of furan rings is 2. The Morgan fingerprint density at radius 2 is 1.83 bits per heavy atom. The lowest BCUT2D eigenvalue weighted by Gasteiger charge is -2.02. The summed E-state index contributed by atoms with van der Waals surface area (Å²) in [5, 5.41) is 4.76. The minimum Gasteiger partial charge on any atom is -0.462 e. The normalized spacial score (nSPS) is 11.1. The molecule has 0 atom stereocenters. The van der Waals surface area contributed by atoms with Gasteiger partial charge in [0.25, 0.3) is 0 Å². The molecule has 1 N–H and O–H groups in total. The molecule has 0 spiro atoms. The molecule has 0 aliphatic carbocycles. The van der Waals surface area contributed by atoms with Crippen LogP contribution in [0.1, 0.15) is 33.6 Å². The fraction of sp³-hybridized carbons (Fsp3) is 0.0870. The molecule has 0 aliphatic heterocycles. The average molecular weight is 402 g/mol. The maximum atomic E-state index is 12.2. The number of fused-ring (bicyclic) bond motifs is 1. The molecule has 0 saturated heterocycles. The highest BCUT2D eigenvalue weighted by molar-refractivity contribution is 5.96. The second-order valence-electron chi connectivity index (χ2n) is 6.35. The van der Waals surface area contributed by atoms with Crippen LogP contribution in [0.3, 0.4) is 0 Å². The first-order valence-electron chi connectivity index (χ1n) is 9.33. The molecule has 0 bridgehead atoms. The predicted molar refractivity (Wildman–Crippen MR) is 111 cm³/mol. The number of ether oxygens (including phenoxy) is 1. The summed E-state index contributed by atoms with van der Waals surface area (Å²) >= 11 is 0. The Hall–Kier alpha value is -4.13. The quantitative estimate of drug-likeness (QED) is 0.288. The van der Waals surface area contributed by atoms with Crippen molar-refractivity contribution in [3.8, 4) is 11.3 Å². The first-order valence-corrected chi connectivity index (χ1v) is 9.33. The van der Waals surface area contributed by atoms with Crippen LogP contribution in [0.5, 0.6) is 0 Å². The molecular weight excluding hydrogens is 384 g/mol. The number of carbonyl (C=O) groups is 2. The van der Waals surface area contributed by atoms with E-state index >= 15 is 0 Å². The fourth-order valence-corrected chi connectivity index (χ4v) is 2.87. The lowest BCUT2D eigenvalue weighted by atomic mass is 10.1. The van der Waals surface area contributed by atoms with Crippen LogP contribution in [0, 0.1) is 0 Å². The zero-order chi connectivity index (χ0) is 20.9. The molecular formula is C23H18N2O5. The number of hydrazone groups is 1. The Bertz CT molecular complexity index is 1180. The number of para-hydroxylation sites is 1. The number of benzene rings is 2. The van der Waals surface area contributed by atoms with Crippen molar-refractivity contribution in [3.63, 3.8) is 0 Å². The summed E-state index contributed by atoms with van der Waals surface area (Å²) in [7, 11) is 0. The van der Waals surface area contributed by atoms with Gasteiger partial charge in [0.05, 0.1) is 18.4 Å². The molecule has 2 aromatic carbocycles. The van der Waals surface area contributed by atoms with Gasteiger partial charge in [-0.1, -0.05) is 30.3 Å². The SMILES string of the molecule is CCOC(=O)c1ccc(-c2ccc(/C=N/NC(=O)c3cc4ccccc4o3)o2)cc1. The number of hydrogen-bond donors (Lipinski definition) is 1. The Morgan fingerprint density at radius 3 is 2.60 bits per heavy atom. The van der Waals surface area contributed by atoms with Gasteiger partial charge in [-0.25, -0.2) is 10.2 Å². The van der Waals surface area contributed by atoms with Crippen molar-refractivity contribution in [2.24, 2.45) is 5.10 Å². The van der Waals surface area contributed by atoms with Crippen LogP contribution in [0.4, 0.5) is 0 Å². The highest BCUT2D eigenvalue weighted by Crippen LogP contribution is 2.22. The number of carbonyl (C=O) groups excluding carboxylic acids is 2. The highest BCUT2D eigenvalue weighted by Gasteiger charge is 2.11. The van der Waals surface area contributed by atoms with Crippen molar-refractivity contribution >= 4 is 29.1 Å². The van der Waals surface area contributed by atoms with Crippen molar-refractivity contribution in [3.05, 3.63) is 83.8 Å². The molecule has 4 rings (SSSR count). The topological polar surface area (TPSA) is 94.0 Å². The summed E-state index contributed by atoms with van der Waals surface area (Å²) < 4.78 is 16.2. The molecule has 7 heteroatoms. The average Bonchev–Trinajstić information content (AvgIpc) is 3.41. The van der Waals surface area contributed by atoms with Gasteiger partial charge >= 0.3 is 11.9 Å². The Kier molecular flexibility index (Phi) is 5.43. The second-order valence-corrected chi connectivity index (χ2v) is 6.35. The van der Waals surface area contributed by atoms with Gasteiger partial charge in [0.15, 0.2) is 5.76 Å². The zero-order valence-corrected chi connectivity index (χ0v) is 16.1. The molecule has 2 aromatic heterocycles. The number of esters is 1. The minimum atomic E-state index is -0.455. The predicted octanol–water partition coefficient (Wildman–Crippen LogP) is 4.63. The number of amides is 1. The summed E-state index contributed by atoms with van der Waals surface area (Å²) in [4.78, 5) is 23.9. The maximum absolute atomic E-state index is 12.2. The summed E-state index contributed by atoms with van der Waals surface area (Å²) in [5.41, 5.74) is 4.32. The third-order valence-corrected chi connectivity index (χ3v) is 4.31. The molecule has 0 fully saturated rings. The van der Waals surface area contributed by atoms with Crippen LogP contribution in [0.25, 0.3) is 22.3 Å². The highest BCUT2D eigenvalue weighted by atomic mass is 16.5. The molecule has 0 unspecified atom stereocenters.